The summed E-state index contributed by atoms with van der Waals surface area (Å²) in [6, 6.07) is 0. The molecule has 9 heavy (non-hydrogen) atoms. The Morgan fingerprint density at radius 3 is 2.89 bits per heavy atom. The van der Waals surface area contributed by atoms with Crippen LogP contribution in [-0.2, 0) is 0 Å². The van der Waals surface area contributed by atoms with Gasteiger partial charge in [0, 0.05) is 18.1 Å². The van der Waals surface area contributed by atoms with Crippen LogP contribution in [-0.4, -0.2) is 9.55 Å². The van der Waals surface area contributed by atoms with Crippen LogP contribution in [0.4, 0.5) is 0 Å². The van der Waals surface area contributed by atoms with Crippen molar-refractivity contribution in [1.29, 1.82) is 0 Å². The summed E-state index contributed by atoms with van der Waals surface area (Å²) < 4.78 is 2.06. The molecule has 1 heterocycles. The molecule has 0 saturated carbocycles. The Morgan fingerprint density at radius 2 is 2.44 bits per heavy atom. The maximum atomic E-state index is 3.95. The maximum Gasteiger partial charge on any atom is 0.0989 e. The summed E-state index contributed by atoms with van der Waals surface area (Å²) in [5, 5.41) is 0. The second kappa shape index (κ2) is 1.72. The zero-order valence-electron chi connectivity index (χ0n) is 5.12. The van der Waals surface area contributed by atoms with Crippen molar-refractivity contribution < 1.29 is 0 Å². The van der Waals surface area contributed by atoms with Gasteiger partial charge in [-0.1, -0.05) is 6.08 Å². The van der Waals surface area contributed by atoms with E-state index in [1.54, 1.807) is 6.20 Å². The van der Waals surface area contributed by atoms with E-state index in [2.05, 4.69) is 15.6 Å². The molecule has 2 heteroatoms. The fourth-order valence-electron chi connectivity index (χ4n) is 0.937. The van der Waals surface area contributed by atoms with Crippen LogP contribution in [0.1, 0.15) is 12.8 Å². The van der Waals surface area contributed by atoms with Crippen LogP contribution < -0.4 is 0 Å². The lowest BCUT2D eigenvalue weighted by molar-refractivity contribution is 0.877. The fourth-order valence-corrected chi connectivity index (χ4v) is 0.937. The molecule has 0 bridgehead atoms. The fraction of sp³-hybridized carbons (Fsp3) is 0.286. The van der Waals surface area contributed by atoms with Crippen molar-refractivity contribution in [2.45, 2.75) is 12.8 Å². The van der Waals surface area contributed by atoms with E-state index in [1.165, 1.54) is 18.5 Å². The minimum Gasteiger partial charge on any atom is -0.310 e. The molecule has 0 aliphatic heterocycles. The van der Waals surface area contributed by atoms with Crippen molar-refractivity contribution in [2.75, 3.05) is 0 Å². The molecule has 0 fully saturated rings. The zero-order chi connectivity index (χ0) is 6.10. The van der Waals surface area contributed by atoms with Crippen molar-refractivity contribution in [3.05, 3.63) is 24.8 Å². The van der Waals surface area contributed by atoms with Crippen LogP contribution in [0.15, 0.2) is 24.8 Å². The monoisotopic (exact) mass is 120 g/mol. The molecule has 1 aromatic heterocycles. The quantitative estimate of drug-likeness (QED) is 0.549. The third kappa shape index (κ3) is 0.669. The average molecular weight is 120 g/mol. The maximum absolute atomic E-state index is 3.95. The molecule has 0 aromatic carbocycles. The van der Waals surface area contributed by atoms with Gasteiger partial charge in [-0.25, -0.2) is 4.98 Å². The standard InChI is InChI=1S/C7H8N2/c1-2-7(3-1)9-5-4-8-6-9/h2,4-6H,1,3H2. The predicted octanol–water partition coefficient (Wildman–Crippen LogP) is 1.52. The van der Waals surface area contributed by atoms with Crippen LogP contribution in [0.2, 0.25) is 0 Å². The van der Waals surface area contributed by atoms with Gasteiger partial charge in [0.25, 0.3) is 0 Å². The molecule has 0 radical (unpaired) electrons. The molecule has 1 aliphatic rings. The first-order valence-electron chi connectivity index (χ1n) is 3.14. The highest BCUT2D eigenvalue weighted by atomic mass is 15.0. The molecular formula is C7H8N2. The molecule has 2 nitrogen and oxygen atoms in total. The van der Waals surface area contributed by atoms with Gasteiger partial charge in [-0.2, -0.15) is 0 Å². The Labute approximate surface area is 53.8 Å². The molecule has 0 atom stereocenters. The van der Waals surface area contributed by atoms with Gasteiger partial charge < -0.3 is 4.57 Å². The van der Waals surface area contributed by atoms with Gasteiger partial charge in [-0.3, -0.25) is 0 Å². The van der Waals surface area contributed by atoms with E-state index in [9.17, 15) is 0 Å². The highest BCUT2D eigenvalue weighted by Crippen LogP contribution is 2.21. The average Bonchev–Trinajstić information content (AvgIpc) is 2.11. The van der Waals surface area contributed by atoms with E-state index >= 15 is 0 Å². The minimum absolute atomic E-state index is 1.20. The van der Waals surface area contributed by atoms with Crippen molar-refractivity contribution in [2.24, 2.45) is 0 Å². The van der Waals surface area contributed by atoms with E-state index in [0.29, 0.717) is 0 Å². The van der Waals surface area contributed by atoms with Crippen LogP contribution in [0.5, 0.6) is 0 Å². The number of aromatic nitrogens is 2. The topological polar surface area (TPSA) is 17.8 Å². The molecule has 0 spiro atoms. The van der Waals surface area contributed by atoms with Gasteiger partial charge in [-0.05, 0) is 12.8 Å². The summed E-state index contributed by atoms with van der Waals surface area (Å²) in [5.41, 5.74) is 1.38. The van der Waals surface area contributed by atoms with Gasteiger partial charge in [0.2, 0.25) is 0 Å². The zero-order valence-corrected chi connectivity index (χ0v) is 5.12. The summed E-state index contributed by atoms with van der Waals surface area (Å²) in [6.07, 6.45) is 10.3. The summed E-state index contributed by atoms with van der Waals surface area (Å²) >= 11 is 0. The molecule has 0 amide bonds. The normalized spacial score (nSPS) is 16.7. The molecule has 46 valence electrons. The third-order valence-electron chi connectivity index (χ3n) is 1.62. The Morgan fingerprint density at radius 1 is 1.56 bits per heavy atom. The lowest BCUT2D eigenvalue weighted by atomic mass is 10.1. The first-order chi connectivity index (χ1) is 4.47. The van der Waals surface area contributed by atoms with Crippen LogP contribution in [0.3, 0.4) is 0 Å². The summed E-state index contributed by atoms with van der Waals surface area (Å²) in [7, 11) is 0. The van der Waals surface area contributed by atoms with Gasteiger partial charge in [-0.15, -0.1) is 0 Å². The van der Waals surface area contributed by atoms with Crippen molar-refractivity contribution in [1.82, 2.24) is 9.55 Å². The summed E-state index contributed by atoms with van der Waals surface area (Å²) in [5.74, 6) is 0. The largest absolute Gasteiger partial charge is 0.310 e. The van der Waals surface area contributed by atoms with Gasteiger partial charge in [0.1, 0.15) is 0 Å². The van der Waals surface area contributed by atoms with Gasteiger partial charge in [0.05, 0.1) is 6.33 Å². The summed E-state index contributed by atoms with van der Waals surface area (Å²) in [6.45, 7) is 0. The molecule has 1 aliphatic carbocycles. The first kappa shape index (κ1) is 4.79. The van der Waals surface area contributed by atoms with Crippen LogP contribution >= 0.6 is 0 Å². The van der Waals surface area contributed by atoms with Gasteiger partial charge in [0.15, 0.2) is 0 Å². The van der Waals surface area contributed by atoms with E-state index in [1.807, 2.05) is 12.5 Å². The number of nitrogens with zero attached hydrogens (tertiary/aromatic N) is 2. The second-order valence-electron chi connectivity index (χ2n) is 2.20. The SMILES string of the molecule is C1=C(n2ccnc2)CC1. The van der Waals surface area contributed by atoms with Gasteiger partial charge >= 0.3 is 0 Å². The van der Waals surface area contributed by atoms with Crippen molar-refractivity contribution in [3.63, 3.8) is 0 Å². The highest BCUT2D eigenvalue weighted by Gasteiger charge is 2.05. The van der Waals surface area contributed by atoms with E-state index in [0.717, 1.165) is 0 Å². The number of imidazole rings is 1. The number of rotatable bonds is 1. The molecular weight excluding hydrogens is 112 g/mol. The molecule has 0 unspecified atom stereocenters. The Kier molecular flexibility index (Phi) is 0.918. The lowest BCUT2D eigenvalue weighted by Crippen LogP contribution is -1.99. The third-order valence-corrected chi connectivity index (χ3v) is 1.62. The van der Waals surface area contributed by atoms with Crippen molar-refractivity contribution in [3.8, 4) is 0 Å². The van der Waals surface area contributed by atoms with Crippen LogP contribution in [0.25, 0.3) is 5.70 Å². The van der Waals surface area contributed by atoms with E-state index in [-0.39, 0.29) is 0 Å². The minimum atomic E-state index is 1.20. The molecule has 0 N–H and O–H groups in total. The van der Waals surface area contributed by atoms with E-state index in [4.69, 9.17) is 0 Å². The van der Waals surface area contributed by atoms with Crippen molar-refractivity contribution >= 4 is 5.70 Å². The first-order valence-corrected chi connectivity index (χ1v) is 3.14. The molecule has 1 aromatic rings. The molecule has 0 saturated heterocycles. The number of hydrogen-bond donors (Lipinski definition) is 0. The summed E-state index contributed by atoms with van der Waals surface area (Å²) in [4.78, 5) is 3.95. The molecule has 2 rings (SSSR count). The highest BCUT2D eigenvalue weighted by molar-refractivity contribution is 5.50. The number of allylic oxidation sites excluding steroid dienone is 2. The Bertz CT molecular complexity index is 221. The predicted molar refractivity (Wildman–Crippen MR) is 35.7 cm³/mol. The second-order valence-corrected chi connectivity index (χ2v) is 2.20. The van der Waals surface area contributed by atoms with E-state index < -0.39 is 0 Å². The Hall–Kier alpha value is -1.05. The Balaban J connectivity index is 2.34. The number of hydrogen-bond acceptors (Lipinski definition) is 1. The smallest absolute Gasteiger partial charge is 0.0989 e. The van der Waals surface area contributed by atoms with Crippen LogP contribution in [0, 0.1) is 0 Å². The lowest BCUT2D eigenvalue weighted by Gasteiger charge is -2.13.